The van der Waals surface area contributed by atoms with Crippen molar-refractivity contribution in [3.05, 3.63) is 33.4 Å². The number of carbonyl (C=O) groups is 1. The summed E-state index contributed by atoms with van der Waals surface area (Å²) in [6.07, 6.45) is 1.85. The van der Waals surface area contributed by atoms with Gasteiger partial charge in [0.25, 0.3) is 5.69 Å². The molecule has 0 heterocycles. The first kappa shape index (κ1) is 14.5. The lowest BCUT2D eigenvalue weighted by atomic mass is 9.96. The monoisotopic (exact) mass is 277 g/mol. The van der Waals surface area contributed by atoms with Crippen molar-refractivity contribution in [3.8, 4) is 0 Å². The van der Waals surface area contributed by atoms with Crippen molar-refractivity contribution >= 4 is 17.3 Å². The van der Waals surface area contributed by atoms with E-state index < -0.39 is 10.5 Å². The number of aryl methyl sites for hydroxylation is 2. The predicted octanol–water partition coefficient (Wildman–Crippen LogP) is 2.28. The van der Waals surface area contributed by atoms with Gasteiger partial charge in [0.1, 0.15) is 5.69 Å². The van der Waals surface area contributed by atoms with Gasteiger partial charge in [0.05, 0.1) is 10.5 Å². The third kappa shape index (κ3) is 2.65. The first-order valence-electron chi connectivity index (χ1n) is 6.59. The van der Waals surface area contributed by atoms with Gasteiger partial charge >= 0.3 is 0 Å². The van der Waals surface area contributed by atoms with Crippen molar-refractivity contribution in [3.63, 3.8) is 0 Å². The number of amides is 1. The number of nitro groups is 1. The van der Waals surface area contributed by atoms with Gasteiger partial charge in [0.15, 0.2) is 0 Å². The van der Waals surface area contributed by atoms with E-state index in [1.807, 2.05) is 6.92 Å². The molecule has 0 aliphatic heterocycles. The summed E-state index contributed by atoms with van der Waals surface area (Å²) in [5, 5.41) is 13.7. The van der Waals surface area contributed by atoms with Gasteiger partial charge in [-0.1, -0.05) is 0 Å². The first-order valence-corrected chi connectivity index (χ1v) is 6.59. The minimum absolute atomic E-state index is 0.104. The van der Waals surface area contributed by atoms with Crippen LogP contribution >= 0.6 is 0 Å². The van der Waals surface area contributed by atoms with Crippen molar-refractivity contribution in [2.24, 2.45) is 11.7 Å². The van der Waals surface area contributed by atoms with E-state index in [1.165, 1.54) is 6.07 Å². The SMILES string of the molecule is Cc1cc(NC(=O)C(C)(N)C2CC2)c([N+](=O)[O-])cc1C. The Labute approximate surface area is 117 Å². The molecule has 108 valence electrons. The predicted molar refractivity (Wildman–Crippen MR) is 76.5 cm³/mol. The minimum Gasteiger partial charge on any atom is -0.319 e. The number of benzene rings is 1. The zero-order chi connectivity index (χ0) is 15.1. The third-order valence-corrected chi connectivity index (χ3v) is 3.97. The highest BCUT2D eigenvalue weighted by Gasteiger charge is 2.44. The normalized spacial score (nSPS) is 17.4. The first-order chi connectivity index (χ1) is 9.23. The Hall–Kier alpha value is -1.95. The number of carbonyl (C=O) groups excluding carboxylic acids is 1. The molecule has 20 heavy (non-hydrogen) atoms. The van der Waals surface area contributed by atoms with Crippen molar-refractivity contribution < 1.29 is 9.72 Å². The van der Waals surface area contributed by atoms with Gasteiger partial charge in [-0.2, -0.15) is 0 Å². The fourth-order valence-corrected chi connectivity index (χ4v) is 2.18. The van der Waals surface area contributed by atoms with Crippen molar-refractivity contribution in [1.29, 1.82) is 0 Å². The molecular formula is C14H19N3O3. The Morgan fingerprint density at radius 3 is 2.45 bits per heavy atom. The zero-order valence-electron chi connectivity index (χ0n) is 11.9. The fourth-order valence-electron chi connectivity index (χ4n) is 2.18. The average molecular weight is 277 g/mol. The standard InChI is InChI=1S/C14H19N3O3/c1-8-6-11(12(17(19)20)7-9(8)2)16-13(18)14(3,15)10-4-5-10/h6-7,10H,4-5,15H2,1-3H3,(H,16,18). The van der Waals surface area contributed by atoms with Crippen LogP contribution in [0.1, 0.15) is 30.9 Å². The molecule has 1 fully saturated rings. The second-order valence-corrected chi connectivity index (χ2v) is 5.72. The highest BCUT2D eigenvalue weighted by Crippen LogP contribution is 2.39. The van der Waals surface area contributed by atoms with E-state index in [-0.39, 0.29) is 23.2 Å². The highest BCUT2D eigenvalue weighted by atomic mass is 16.6. The molecule has 6 nitrogen and oxygen atoms in total. The Balaban J connectivity index is 2.30. The van der Waals surface area contributed by atoms with E-state index in [0.29, 0.717) is 0 Å². The molecule has 1 aromatic rings. The lowest BCUT2D eigenvalue weighted by Gasteiger charge is -2.23. The molecule has 0 radical (unpaired) electrons. The van der Waals surface area contributed by atoms with Gasteiger partial charge in [-0.15, -0.1) is 0 Å². The van der Waals surface area contributed by atoms with Gasteiger partial charge in [-0.3, -0.25) is 14.9 Å². The lowest BCUT2D eigenvalue weighted by Crippen LogP contribution is -2.50. The van der Waals surface area contributed by atoms with Crippen LogP contribution in [-0.2, 0) is 4.79 Å². The summed E-state index contributed by atoms with van der Waals surface area (Å²) in [4.78, 5) is 22.8. The number of nitrogens with two attached hydrogens (primary N) is 1. The van der Waals surface area contributed by atoms with Crippen LogP contribution in [0.2, 0.25) is 0 Å². The summed E-state index contributed by atoms with van der Waals surface area (Å²) >= 11 is 0. The van der Waals surface area contributed by atoms with Crippen LogP contribution in [0.3, 0.4) is 0 Å². The molecule has 3 N–H and O–H groups in total. The maximum Gasteiger partial charge on any atom is 0.293 e. The summed E-state index contributed by atoms with van der Waals surface area (Å²) < 4.78 is 0. The topological polar surface area (TPSA) is 98.3 Å². The quantitative estimate of drug-likeness (QED) is 0.651. The van der Waals surface area contributed by atoms with Crippen LogP contribution in [0, 0.1) is 29.9 Å². The maximum atomic E-state index is 12.2. The van der Waals surface area contributed by atoms with E-state index in [9.17, 15) is 14.9 Å². The molecule has 2 rings (SSSR count). The van der Waals surface area contributed by atoms with Gasteiger partial charge in [0.2, 0.25) is 5.91 Å². The van der Waals surface area contributed by atoms with Crippen LogP contribution in [0.4, 0.5) is 11.4 Å². The number of nitro benzene ring substituents is 1. The number of anilines is 1. The summed E-state index contributed by atoms with van der Waals surface area (Å²) in [5.41, 5.74) is 6.85. The summed E-state index contributed by atoms with van der Waals surface area (Å²) in [5.74, 6) is -0.209. The van der Waals surface area contributed by atoms with Crippen LogP contribution in [0.25, 0.3) is 0 Å². The number of rotatable bonds is 4. The Morgan fingerprint density at radius 1 is 1.40 bits per heavy atom. The molecule has 0 bridgehead atoms. The van der Waals surface area contributed by atoms with Gasteiger partial charge in [-0.05, 0) is 56.7 Å². The van der Waals surface area contributed by atoms with E-state index in [4.69, 9.17) is 5.73 Å². The van der Waals surface area contributed by atoms with Crippen LogP contribution < -0.4 is 11.1 Å². The smallest absolute Gasteiger partial charge is 0.293 e. The fraction of sp³-hybridized carbons (Fsp3) is 0.500. The van der Waals surface area contributed by atoms with E-state index in [2.05, 4.69) is 5.32 Å². The lowest BCUT2D eigenvalue weighted by molar-refractivity contribution is -0.384. The summed E-state index contributed by atoms with van der Waals surface area (Å²) in [6.45, 7) is 5.31. The number of hydrogen-bond acceptors (Lipinski definition) is 4. The average Bonchev–Trinajstić information content (AvgIpc) is 3.17. The van der Waals surface area contributed by atoms with E-state index in [1.54, 1.807) is 19.9 Å². The number of nitrogens with one attached hydrogen (secondary N) is 1. The molecule has 1 amide bonds. The van der Waals surface area contributed by atoms with Gasteiger partial charge < -0.3 is 11.1 Å². The second kappa shape index (κ2) is 4.86. The van der Waals surface area contributed by atoms with E-state index in [0.717, 1.165) is 24.0 Å². The highest BCUT2D eigenvalue weighted by molar-refractivity contribution is 5.99. The Morgan fingerprint density at radius 2 is 1.95 bits per heavy atom. The molecule has 0 aromatic heterocycles. The second-order valence-electron chi connectivity index (χ2n) is 5.72. The van der Waals surface area contributed by atoms with Gasteiger partial charge in [0, 0.05) is 6.07 Å². The molecule has 6 heteroatoms. The van der Waals surface area contributed by atoms with E-state index >= 15 is 0 Å². The van der Waals surface area contributed by atoms with Crippen molar-refractivity contribution in [2.75, 3.05) is 5.32 Å². The van der Waals surface area contributed by atoms with Crippen LogP contribution in [-0.4, -0.2) is 16.4 Å². The van der Waals surface area contributed by atoms with Crippen molar-refractivity contribution in [1.82, 2.24) is 0 Å². The minimum atomic E-state index is -0.980. The molecule has 1 aromatic carbocycles. The molecule has 1 atom stereocenters. The van der Waals surface area contributed by atoms with Gasteiger partial charge in [-0.25, -0.2) is 0 Å². The molecule has 1 aliphatic carbocycles. The maximum absolute atomic E-state index is 12.2. The zero-order valence-corrected chi connectivity index (χ0v) is 11.9. The summed E-state index contributed by atoms with van der Waals surface area (Å²) in [7, 11) is 0. The summed E-state index contributed by atoms with van der Waals surface area (Å²) in [6, 6.07) is 3.09. The Bertz CT molecular complexity index is 577. The number of nitrogens with zero attached hydrogens (tertiary/aromatic N) is 1. The molecule has 0 spiro atoms. The molecule has 0 saturated heterocycles. The largest absolute Gasteiger partial charge is 0.319 e. The Kier molecular flexibility index (Phi) is 3.52. The molecule has 1 unspecified atom stereocenters. The van der Waals surface area contributed by atoms with Crippen molar-refractivity contribution in [2.45, 2.75) is 39.2 Å². The number of hydrogen-bond donors (Lipinski definition) is 2. The van der Waals surface area contributed by atoms with Crippen LogP contribution in [0.15, 0.2) is 12.1 Å². The molecular weight excluding hydrogens is 258 g/mol. The third-order valence-electron chi connectivity index (χ3n) is 3.97. The molecule has 1 saturated carbocycles. The van der Waals surface area contributed by atoms with Crippen LogP contribution in [0.5, 0.6) is 0 Å². The molecule has 1 aliphatic rings.